The standard InChI is InChI=1S/C9H12O/c1-4-5-6-8(2)9(3)7-10/h7H,4H2,1-3H3. The topological polar surface area (TPSA) is 17.1 Å². The van der Waals surface area contributed by atoms with E-state index in [1.165, 1.54) is 0 Å². The number of carbonyl (C=O) groups excluding carboxylic acids is 1. The summed E-state index contributed by atoms with van der Waals surface area (Å²) < 4.78 is 0. The Morgan fingerprint density at radius 3 is 2.50 bits per heavy atom. The summed E-state index contributed by atoms with van der Waals surface area (Å²) in [5.74, 6) is 5.78. The van der Waals surface area contributed by atoms with Crippen molar-refractivity contribution in [1.82, 2.24) is 0 Å². The molecule has 10 heavy (non-hydrogen) atoms. The minimum absolute atomic E-state index is 0.723. The summed E-state index contributed by atoms with van der Waals surface area (Å²) in [6.45, 7) is 5.61. The quantitative estimate of drug-likeness (QED) is 0.306. The van der Waals surface area contributed by atoms with Gasteiger partial charge in [-0.15, -0.1) is 0 Å². The molecule has 0 saturated heterocycles. The van der Waals surface area contributed by atoms with Gasteiger partial charge in [-0.2, -0.15) is 0 Å². The van der Waals surface area contributed by atoms with E-state index in [1.54, 1.807) is 6.92 Å². The lowest BCUT2D eigenvalue weighted by atomic mass is 10.2. The van der Waals surface area contributed by atoms with Crippen molar-refractivity contribution < 1.29 is 4.79 Å². The van der Waals surface area contributed by atoms with E-state index in [0.717, 1.165) is 23.9 Å². The van der Waals surface area contributed by atoms with Gasteiger partial charge in [0.2, 0.25) is 0 Å². The van der Waals surface area contributed by atoms with Crippen molar-refractivity contribution in [3.05, 3.63) is 11.1 Å². The SMILES string of the molecule is CCC#CC(C)=C(C)C=O. The van der Waals surface area contributed by atoms with Crippen molar-refractivity contribution in [1.29, 1.82) is 0 Å². The van der Waals surface area contributed by atoms with Crippen molar-refractivity contribution >= 4 is 6.29 Å². The molecule has 54 valence electrons. The molecule has 0 rings (SSSR count). The molecule has 0 aromatic rings. The lowest BCUT2D eigenvalue weighted by molar-refractivity contribution is -0.104. The lowest BCUT2D eigenvalue weighted by Crippen LogP contribution is -1.81. The zero-order chi connectivity index (χ0) is 7.98. The number of hydrogen-bond acceptors (Lipinski definition) is 1. The molecule has 1 nitrogen and oxygen atoms in total. The van der Waals surface area contributed by atoms with Crippen LogP contribution in [-0.4, -0.2) is 6.29 Å². The highest BCUT2D eigenvalue weighted by Crippen LogP contribution is 1.97. The maximum Gasteiger partial charge on any atom is 0.146 e. The van der Waals surface area contributed by atoms with E-state index >= 15 is 0 Å². The van der Waals surface area contributed by atoms with Crippen LogP contribution >= 0.6 is 0 Å². The molecule has 0 fully saturated rings. The molecule has 0 aliphatic rings. The molecule has 0 unspecified atom stereocenters. The smallest absolute Gasteiger partial charge is 0.146 e. The third kappa shape index (κ3) is 3.09. The fourth-order valence-corrected chi connectivity index (χ4v) is 0.408. The third-order valence-electron chi connectivity index (χ3n) is 1.22. The molecule has 0 bridgehead atoms. The van der Waals surface area contributed by atoms with Crippen LogP contribution in [0.5, 0.6) is 0 Å². The van der Waals surface area contributed by atoms with Crippen molar-refractivity contribution in [2.45, 2.75) is 27.2 Å². The average molecular weight is 136 g/mol. The molecule has 0 aliphatic heterocycles. The Bertz CT molecular complexity index is 201. The Morgan fingerprint density at radius 2 is 2.10 bits per heavy atom. The van der Waals surface area contributed by atoms with Crippen LogP contribution in [0.1, 0.15) is 27.2 Å². The third-order valence-corrected chi connectivity index (χ3v) is 1.22. The zero-order valence-electron chi connectivity index (χ0n) is 6.69. The molecule has 0 radical (unpaired) electrons. The first-order valence-corrected chi connectivity index (χ1v) is 3.34. The molecule has 0 heterocycles. The lowest BCUT2D eigenvalue weighted by Gasteiger charge is -1.88. The first kappa shape index (κ1) is 8.97. The van der Waals surface area contributed by atoms with E-state index in [-0.39, 0.29) is 0 Å². The molecular weight excluding hydrogens is 124 g/mol. The maximum atomic E-state index is 10.2. The van der Waals surface area contributed by atoms with Gasteiger partial charge in [-0.1, -0.05) is 18.8 Å². The highest BCUT2D eigenvalue weighted by Gasteiger charge is 1.87. The van der Waals surface area contributed by atoms with E-state index < -0.39 is 0 Å². The molecule has 0 amide bonds. The first-order valence-electron chi connectivity index (χ1n) is 3.34. The van der Waals surface area contributed by atoms with E-state index in [1.807, 2.05) is 13.8 Å². The second-order valence-corrected chi connectivity index (χ2v) is 2.08. The number of rotatable bonds is 1. The van der Waals surface area contributed by atoms with Crippen LogP contribution in [0.25, 0.3) is 0 Å². The molecule has 0 aromatic carbocycles. The van der Waals surface area contributed by atoms with Gasteiger partial charge >= 0.3 is 0 Å². The molecule has 0 N–H and O–H groups in total. The highest BCUT2D eigenvalue weighted by atomic mass is 16.1. The zero-order valence-corrected chi connectivity index (χ0v) is 6.69. The fraction of sp³-hybridized carbons (Fsp3) is 0.444. The van der Waals surface area contributed by atoms with Crippen LogP contribution in [-0.2, 0) is 4.79 Å². The molecule has 0 saturated carbocycles. The second kappa shape index (κ2) is 4.81. The van der Waals surface area contributed by atoms with Gasteiger partial charge in [0.15, 0.2) is 0 Å². The van der Waals surface area contributed by atoms with Crippen LogP contribution in [0.3, 0.4) is 0 Å². The van der Waals surface area contributed by atoms with Crippen molar-refractivity contribution in [2.24, 2.45) is 0 Å². The second-order valence-electron chi connectivity index (χ2n) is 2.08. The Balaban J connectivity index is 4.32. The summed E-state index contributed by atoms with van der Waals surface area (Å²) in [5, 5.41) is 0. The van der Waals surface area contributed by atoms with E-state index in [2.05, 4.69) is 11.8 Å². The predicted octanol–water partition coefficient (Wildman–Crippen LogP) is 1.94. The number of allylic oxidation sites excluding steroid dienone is 2. The Kier molecular flexibility index (Phi) is 4.32. The fourth-order valence-electron chi connectivity index (χ4n) is 0.408. The van der Waals surface area contributed by atoms with Gasteiger partial charge in [0, 0.05) is 17.6 Å². The van der Waals surface area contributed by atoms with Crippen LogP contribution in [0.2, 0.25) is 0 Å². The van der Waals surface area contributed by atoms with Gasteiger partial charge < -0.3 is 0 Å². The molecule has 0 spiro atoms. The summed E-state index contributed by atoms with van der Waals surface area (Å²) in [6.07, 6.45) is 1.67. The van der Waals surface area contributed by atoms with Gasteiger partial charge in [0.05, 0.1) is 0 Å². The highest BCUT2D eigenvalue weighted by molar-refractivity contribution is 5.75. The van der Waals surface area contributed by atoms with Gasteiger partial charge in [-0.3, -0.25) is 4.79 Å². The van der Waals surface area contributed by atoms with Crippen LogP contribution in [0, 0.1) is 11.8 Å². The normalized spacial score (nSPS) is 11.1. The monoisotopic (exact) mass is 136 g/mol. The summed E-state index contributed by atoms with van der Waals surface area (Å²) >= 11 is 0. The maximum absolute atomic E-state index is 10.2. The van der Waals surface area contributed by atoms with E-state index in [0.29, 0.717) is 0 Å². The Hall–Kier alpha value is -1.03. The van der Waals surface area contributed by atoms with Crippen molar-refractivity contribution in [3.63, 3.8) is 0 Å². The number of carbonyl (C=O) groups is 1. The largest absolute Gasteiger partial charge is 0.298 e. The van der Waals surface area contributed by atoms with Crippen LogP contribution in [0.4, 0.5) is 0 Å². The molecule has 0 aliphatic carbocycles. The minimum atomic E-state index is 0.723. The molecule has 0 atom stereocenters. The molecular formula is C9H12O. The summed E-state index contributed by atoms with van der Waals surface area (Å²) in [6, 6.07) is 0. The average Bonchev–Trinajstić information content (AvgIpc) is 1.98. The summed E-state index contributed by atoms with van der Waals surface area (Å²) in [4.78, 5) is 10.2. The van der Waals surface area contributed by atoms with Crippen molar-refractivity contribution in [2.75, 3.05) is 0 Å². The van der Waals surface area contributed by atoms with Crippen LogP contribution in [0.15, 0.2) is 11.1 Å². The number of aldehydes is 1. The van der Waals surface area contributed by atoms with Crippen molar-refractivity contribution in [3.8, 4) is 11.8 Å². The Labute approximate surface area is 62.1 Å². The minimum Gasteiger partial charge on any atom is -0.298 e. The Morgan fingerprint density at radius 1 is 1.50 bits per heavy atom. The van der Waals surface area contributed by atoms with E-state index in [4.69, 9.17) is 0 Å². The van der Waals surface area contributed by atoms with Gasteiger partial charge in [0.25, 0.3) is 0 Å². The predicted molar refractivity (Wildman–Crippen MR) is 42.5 cm³/mol. The first-order chi connectivity index (χ1) is 4.72. The summed E-state index contributed by atoms with van der Waals surface area (Å²) in [5.41, 5.74) is 1.60. The van der Waals surface area contributed by atoms with Gasteiger partial charge in [0.1, 0.15) is 6.29 Å². The van der Waals surface area contributed by atoms with Crippen LogP contribution < -0.4 is 0 Å². The molecule has 0 aromatic heterocycles. The molecule has 1 heteroatoms. The number of hydrogen-bond donors (Lipinski definition) is 0. The van der Waals surface area contributed by atoms with E-state index in [9.17, 15) is 4.79 Å². The van der Waals surface area contributed by atoms with Gasteiger partial charge in [-0.05, 0) is 13.8 Å². The van der Waals surface area contributed by atoms with Gasteiger partial charge in [-0.25, -0.2) is 0 Å². The summed E-state index contributed by atoms with van der Waals surface area (Å²) in [7, 11) is 0.